The predicted octanol–water partition coefficient (Wildman–Crippen LogP) is 6.08. The number of ether oxygens (including phenoxy) is 1. The van der Waals surface area contributed by atoms with Gasteiger partial charge in [0.2, 0.25) is 0 Å². The summed E-state index contributed by atoms with van der Waals surface area (Å²) in [6.07, 6.45) is 9.82. The van der Waals surface area contributed by atoms with Crippen LogP contribution in [0.15, 0.2) is 48.5 Å². The third kappa shape index (κ3) is 4.60. The Morgan fingerprint density at radius 2 is 1.48 bits per heavy atom. The Morgan fingerprint density at radius 3 is 2.09 bits per heavy atom. The van der Waals surface area contributed by atoms with Crippen molar-refractivity contribution in [2.45, 2.75) is 45.4 Å². The van der Waals surface area contributed by atoms with Crippen molar-refractivity contribution >= 4 is 0 Å². The number of aryl methyl sites for hydroxylation is 1. The minimum atomic E-state index is 0.728. The summed E-state index contributed by atoms with van der Waals surface area (Å²) in [6.45, 7) is 3.08. The smallest absolute Gasteiger partial charge is 0.119 e. The normalized spacial score (nSPS) is 15.5. The van der Waals surface area contributed by atoms with E-state index in [4.69, 9.17) is 4.74 Å². The van der Waals surface area contributed by atoms with Crippen molar-refractivity contribution in [3.63, 3.8) is 0 Å². The standard InChI is InChI=1S/C22H27O/c1-2-6-18-9-11-20(12-10-18)21-13-15-22(16-14-21)23-17-19-7-4-3-5-8-19/h3,9-16,19H,2,4-8,17H2,1H3. The second-order valence-electron chi connectivity index (χ2n) is 6.59. The highest BCUT2D eigenvalue weighted by Crippen LogP contribution is 2.26. The third-order valence-electron chi connectivity index (χ3n) is 4.72. The molecule has 1 aliphatic rings. The van der Waals surface area contributed by atoms with E-state index in [0.717, 1.165) is 24.7 Å². The van der Waals surface area contributed by atoms with Gasteiger partial charge in [0, 0.05) is 0 Å². The number of hydrogen-bond acceptors (Lipinski definition) is 1. The first-order valence-electron chi connectivity index (χ1n) is 8.99. The zero-order chi connectivity index (χ0) is 15.9. The molecular formula is C22H27O. The second kappa shape index (κ2) is 8.19. The van der Waals surface area contributed by atoms with E-state index >= 15 is 0 Å². The summed E-state index contributed by atoms with van der Waals surface area (Å²) >= 11 is 0. The molecule has 0 bridgehead atoms. The van der Waals surface area contributed by atoms with Crippen LogP contribution in [-0.2, 0) is 6.42 Å². The van der Waals surface area contributed by atoms with Gasteiger partial charge in [0.05, 0.1) is 6.61 Å². The van der Waals surface area contributed by atoms with E-state index in [2.05, 4.69) is 61.9 Å². The van der Waals surface area contributed by atoms with Crippen molar-refractivity contribution in [3.05, 3.63) is 60.5 Å². The fourth-order valence-corrected chi connectivity index (χ4v) is 3.27. The zero-order valence-electron chi connectivity index (χ0n) is 14.1. The van der Waals surface area contributed by atoms with Gasteiger partial charge in [0.15, 0.2) is 0 Å². The SMILES string of the molecule is CCCc1ccc(-c2ccc(OCC3CC[CH]CC3)cc2)cc1. The van der Waals surface area contributed by atoms with Crippen LogP contribution in [-0.4, -0.2) is 6.61 Å². The summed E-state index contributed by atoms with van der Waals surface area (Å²) in [5.41, 5.74) is 3.95. The van der Waals surface area contributed by atoms with Crippen molar-refractivity contribution in [2.75, 3.05) is 6.61 Å². The molecule has 1 fully saturated rings. The van der Waals surface area contributed by atoms with E-state index in [1.807, 2.05) is 0 Å². The Balaban J connectivity index is 1.57. The topological polar surface area (TPSA) is 9.23 Å². The lowest BCUT2D eigenvalue weighted by Crippen LogP contribution is -2.15. The molecule has 23 heavy (non-hydrogen) atoms. The van der Waals surface area contributed by atoms with Crippen LogP contribution in [0.5, 0.6) is 5.75 Å². The number of hydrogen-bond donors (Lipinski definition) is 0. The average molecular weight is 307 g/mol. The molecule has 0 N–H and O–H groups in total. The van der Waals surface area contributed by atoms with Crippen molar-refractivity contribution in [3.8, 4) is 16.9 Å². The minimum absolute atomic E-state index is 0.728. The van der Waals surface area contributed by atoms with Gasteiger partial charge in [-0.05, 0) is 73.3 Å². The lowest BCUT2D eigenvalue weighted by atomic mass is 9.90. The first-order valence-corrected chi connectivity index (χ1v) is 8.99. The van der Waals surface area contributed by atoms with Crippen molar-refractivity contribution in [1.29, 1.82) is 0 Å². The Hall–Kier alpha value is -1.76. The largest absolute Gasteiger partial charge is 0.493 e. The molecule has 121 valence electrons. The quantitative estimate of drug-likeness (QED) is 0.628. The molecule has 0 amide bonds. The maximum Gasteiger partial charge on any atom is 0.119 e. The first-order chi connectivity index (χ1) is 11.3. The first kappa shape index (κ1) is 16.1. The molecular weight excluding hydrogens is 280 g/mol. The van der Waals surface area contributed by atoms with Gasteiger partial charge in [-0.25, -0.2) is 0 Å². The summed E-state index contributed by atoms with van der Waals surface area (Å²) in [5.74, 6) is 1.72. The molecule has 2 aromatic carbocycles. The number of benzene rings is 2. The third-order valence-corrected chi connectivity index (χ3v) is 4.72. The molecule has 0 spiro atoms. The lowest BCUT2D eigenvalue weighted by molar-refractivity contribution is 0.221. The Morgan fingerprint density at radius 1 is 0.870 bits per heavy atom. The van der Waals surface area contributed by atoms with Crippen LogP contribution >= 0.6 is 0 Å². The molecule has 3 rings (SSSR count). The highest BCUT2D eigenvalue weighted by Gasteiger charge is 2.14. The van der Waals surface area contributed by atoms with Gasteiger partial charge in [0.25, 0.3) is 0 Å². The van der Waals surface area contributed by atoms with Crippen LogP contribution in [0.4, 0.5) is 0 Å². The van der Waals surface area contributed by atoms with E-state index in [9.17, 15) is 0 Å². The van der Waals surface area contributed by atoms with Crippen molar-refractivity contribution in [2.24, 2.45) is 5.92 Å². The maximum atomic E-state index is 5.97. The van der Waals surface area contributed by atoms with Crippen molar-refractivity contribution in [1.82, 2.24) is 0 Å². The van der Waals surface area contributed by atoms with Crippen LogP contribution in [0.2, 0.25) is 0 Å². The highest BCUT2D eigenvalue weighted by molar-refractivity contribution is 5.64. The number of rotatable bonds is 6. The highest BCUT2D eigenvalue weighted by atomic mass is 16.5. The van der Waals surface area contributed by atoms with E-state index in [1.54, 1.807) is 0 Å². The maximum absolute atomic E-state index is 5.97. The zero-order valence-corrected chi connectivity index (χ0v) is 14.1. The van der Waals surface area contributed by atoms with Crippen LogP contribution in [0.1, 0.15) is 44.6 Å². The lowest BCUT2D eigenvalue weighted by Gasteiger charge is -2.21. The molecule has 0 heterocycles. The van der Waals surface area contributed by atoms with E-state index in [0.29, 0.717) is 0 Å². The van der Waals surface area contributed by atoms with Crippen LogP contribution in [0, 0.1) is 12.3 Å². The van der Waals surface area contributed by atoms with Crippen LogP contribution in [0.25, 0.3) is 11.1 Å². The summed E-state index contributed by atoms with van der Waals surface area (Å²) in [5, 5.41) is 0. The fourth-order valence-electron chi connectivity index (χ4n) is 3.27. The Bertz CT molecular complexity index is 576. The van der Waals surface area contributed by atoms with Gasteiger partial charge < -0.3 is 4.74 Å². The average Bonchev–Trinajstić information content (AvgIpc) is 2.62. The molecule has 1 heteroatoms. The molecule has 1 saturated carbocycles. The van der Waals surface area contributed by atoms with Gasteiger partial charge in [-0.2, -0.15) is 0 Å². The molecule has 1 radical (unpaired) electrons. The molecule has 1 nitrogen and oxygen atoms in total. The summed E-state index contributed by atoms with van der Waals surface area (Å²) < 4.78 is 5.97. The van der Waals surface area contributed by atoms with E-state index in [1.165, 1.54) is 48.8 Å². The van der Waals surface area contributed by atoms with E-state index < -0.39 is 0 Å². The molecule has 0 aliphatic heterocycles. The second-order valence-corrected chi connectivity index (χ2v) is 6.59. The minimum Gasteiger partial charge on any atom is -0.493 e. The van der Waals surface area contributed by atoms with Crippen LogP contribution in [0.3, 0.4) is 0 Å². The molecule has 0 atom stereocenters. The molecule has 2 aromatic rings. The molecule has 1 aliphatic carbocycles. The van der Waals surface area contributed by atoms with Gasteiger partial charge in [-0.3, -0.25) is 0 Å². The summed E-state index contributed by atoms with van der Waals surface area (Å²) in [7, 11) is 0. The van der Waals surface area contributed by atoms with Gasteiger partial charge in [0.1, 0.15) is 5.75 Å². The van der Waals surface area contributed by atoms with Gasteiger partial charge in [-0.1, -0.05) is 49.7 Å². The fraction of sp³-hybridized carbons (Fsp3) is 0.409. The summed E-state index contributed by atoms with van der Waals surface area (Å²) in [6, 6.07) is 17.5. The Labute approximate surface area is 140 Å². The summed E-state index contributed by atoms with van der Waals surface area (Å²) in [4.78, 5) is 0. The predicted molar refractivity (Wildman–Crippen MR) is 97.6 cm³/mol. The molecule has 0 aromatic heterocycles. The van der Waals surface area contributed by atoms with Gasteiger partial charge in [-0.15, -0.1) is 0 Å². The Kier molecular flexibility index (Phi) is 5.74. The monoisotopic (exact) mass is 307 g/mol. The molecule has 0 unspecified atom stereocenters. The van der Waals surface area contributed by atoms with E-state index in [-0.39, 0.29) is 0 Å². The molecule has 0 saturated heterocycles. The van der Waals surface area contributed by atoms with Crippen LogP contribution < -0.4 is 4.74 Å². The van der Waals surface area contributed by atoms with Gasteiger partial charge >= 0.3 is 0 Å². The van der Waals surface area contributed by atoms with Crippen molar-refractivity contribution < 1.29 is 4.74 Å².